The molecule has 0 amide bonds. The molecule has 0 aliphatic carbocycles. The third-order valence-corrected chi connectivity index (χ3v) is 3.59. The van der Waals surface area contributed by atoms with Crippen LogP contribution in [0, 0.1) is 0 Å². The average Bonchev–Trinajstić information content (AvgIpc) is 2.39. The first kappa shape index (κ1) is 15.7. The van der Waals surface area contributed by atoms with E-state index in [0.29, 0.717) is 5.69 Å². The number of nitrogen functional groups attached to an aromatic ring is 1. The van der Waals surface area contributed by atoms with E-state index in [-0.39, 0.29) is 11.7 Å². The Morgan fingerprint density at radius 1 is 1.14 bits per heavy atom. The summed E-state index contributed by atoms with van der Waals surface area (Å²) in [6.07, 6.45) is -4.39. The smallest absolute Gasteiger partial charge is 0.397 e. The number of anilines is 2. The summed E-state index contributed by atoms with van der Waals surface area (Å²) < 4.78 is 38.7. The maximum Gasteiger partial charge on any atom is 0.416 e. The highest BCUT2D eigenvalue weighted by atomic mass is 79.9. The van der Waals surface area contributed by atoms with Crippen LogP contribution < -0.4 is 11.1 Å². The van der Waals surface area contributed by atoms with Crippen LogP contribution in [-0.2, 0) is 6.18 Å². The van der Waals surface area contributed by atoms with E-state index in [1.165, 1.54) is 6.07 Å². The van der Waals surface area contributed by atoms with Crippen LogP contribution in [0.1, 0.15) is 24.1 Å². The molecule has 1 unspecified atom stereocenters. The van der Waals surface area contributed by atoms with Crippen molar-refractivity contribution in [1.82, 2.24) is 0 Å². The van der Waals surface area contributed by atoms with E-state index >= 15 is 0 Å². The number of nitrogens with two attached hydrogens (primary N) is 1. The molecule has 2 nitrogen and oxygen atoms in total. The van der Waals surface area contributed by atoms with Crippen molar-refractivity contribution in [2.75, 3.05) is 11.1 Å². The molecule has 112 valence electrons. The predicted octanol–water partition coefficient (Wildman–Crippen LogP) is 5.22. The van der Waals surface area contributed by atoms with Crippen LogP contribution in [0.4, 0.5) is 24.5 Å². The van der Waals surface area contributed by atoms with E-state index in [1.54, 1.807) is 0 Å². The molecule has 0 fully saturated rings. The van der Waals surface area contributed by atoms with Gasteiger partial charge in [-0.15, -0.1) is 0 Å². The lowest BCUT2D eigenvalue weighted by Crippen LogP contribution is -2.10. The zero-order valence-electron chi connectivity index (χ0n) is 11.2. The monoisotopic (exact) mass is 358 g/mol. The zero-order valence-corrected chi connectivity index (χ0v) is 12.8. The summed E-state index contributed by atoms with van der Waals surface area (Å²) in [5.74, 6) is 0. The fourth-order valence-corrected chi connectivity index (χ4v) is 2.38. The number of alkyl halides is 3. The fourth-order valence-electron chi connectivity index (χ4n) is 1.96. The minimum Gasteiger partial charge on any atom is -0.397 e. The van der Waals surface area contributed by atoms with Crippen LogP contribution >= 0.6 is 15.9 Å². The van der Waals surface area contributed by atoms with Crippen molar-refractivity contribution in [2.24, 2.45) is 0 Å². The summed E-state index contributed by atoms with van der Waals surface area (Å²) in [7, 11) is 0. The van der Waals surface area contributed by atoms with Crippen molar-refractivity contribution in [3.63, 3.8) is 0 Å². The van der Waals surface area contributed by atoms with Gasteiger partial charge in [0.25, 0.3) is 0 Å². The molecule has 0 aromatic heterocycles. The van der Waals surface area contributed by atoms with Crippen LogP contribution in [0.25, 0.3) is 0 Å². The van der Waals surface area contributed by atoms with Crippen LogP contribution in [0.2, 0.25) is 0 Å². The molecule has 0 saturated carbocycles. The van der Waals surface area contributed by atoms with Gasteiger partial charge in [0.2, 0.25) is 0 Å². The quantitative estimate of drug-likeness (QED) is 0.737. The van der Waals surface area contributed by atoms with Gasteiger partial charge in [0.15, 0.2) is 0 Å². The highest BCUT2D eigenvalue weighted by Gasteiger charge is 2.30. The summed E-state index contributed by atoms with van der Waals surface area (Å²) >= 11 is 3.38. The second-order valence-electron chi connectivity index (χ2n) is 4.72. The number of hydrogen-bond donors (Lipinski definition) is 2. The molecular weight excluding hydrogens is 345 g/mol. The Hall–Kier alpha value is -1.69. The molecule has 1 atom stereocenters. The van der Waals surface area contributed by atoms with Gasteiger partial charge in [-0.05, 0) is 42.8 Å². The van der Waals surface area contributed by atoms with E-state index in [4.69, 9.17) is 5.73 Å². The first-order chi connectivity index (χ1) is 9.77. The number of benzene rings is 2. The van der Waals surface area contributed by atoms with E-state index in [9.17, 15) is 13.2 Å². The van der Waals surface area contributed by atoms with Crippen molar-refractivity contribution in [2.45, 2.75) is 19.1 Å². The molecule has 0 saturated heterocycles. The van der Waals surface area contributed by atoms with Gasteiger partial charge in [-0.3, -0.25) is 0 Å². The standard InChI is InChI=1S/C15H14BrF3N2/c1-9(10-3-2-4-12(16)7-10)21-14-6-5-11(8-13(14)20)15(17,18)19/h2-9,21H,20H2,1H3. The van der Waals surface area contributed by atoms with E-state index < -0.39 is 11.7 Å². The van der Waals surface area contributed by atoms with Crippen molar-refractivity contribution >= 4 is 27.3 Å². The summed E-state index contributed by atoms with van der Waals surface area (Å²) in [6, 6.07) is 10.9. The molecule has 0 heterocycles. The third-order valence-electron chi connectivity index (χ3n) is 3.10. The van der Waals surface area contributed by atoms with Gasteiger partial charge in [0, 0.05) is 10.5 Å². The minimum atomic E-state index is -4.39. The summed E-state index contributed by atoms with van der Waals surface area (Å²) in [6.45, 7) is 1.92. The van der Waals surface area contributed by atoms with Crippen molar-refractivity contribution in [3.8, 4) is 0 Å². The SMILES string of the molecule is CC(Nc1ccc(C(F)(F)F)cc1N)c1cccc(Br)c1. The van der Waals surface area contributed by atoms with E-state index in [2.05, 4.69) is 21.2 Å². The molecule has 3 N–H and O–H groups in total. The van der Waals surface area contributed by atoms with Crippen LogP contribution in [0.15, 0.2) is 46.9 Å². The second-order valence-corrected chi connectivity index (χ2v) is 5.64. The molecule has 2 aromatic carbocycles. The zero-order chi connectivity index (χ0) is 15.6. The first-order valence-electron chi connectivity index (χ1n) is 6.26. The van der Waals surface area contributed by atoms with Gasteiger partial charge in [-0.1, -0.05) is 28.1 Å². The number of rotatable bonds is 3. The molecule has 6 heteroatoms. The molecule has 21 heavy (non-hydrogen) atoms. The van der Waals surface area contributed by atoms with E-state index in [0.717, 1.165) is 22.2 Å². The summed E-state index contributed by atoms with van der Waals surface area (Å²) in [5, 5.41) is 3.12. The molecule has 0 aliphatic rings. The normalized spacial score (nSPS) is 13.0. The Kier molecular flexibility index (Phi) is 4.46. The highest BCUT2D eigenvalue weighted by molar-refractivity contribution is 9.10. The van der Waals surface area contributed by atoms with Crippen LogP contribution in [-0.4, -0.2) is 0 Å². The fraction of sp³-hybridized carbons (Fsp3) is 0.200. The molecule has 0 spiro atoms. The highest BCUT2D eigenvalue weighted by Crippen LogP contribution is 2.34. The average molecular weight is 359 g/mol. The Bertz CT molecular complexity index is 641. The molecule has 2 aromatic rings. The topological polar surface area (TPSA) is 38.0 Å². The Morgan fingerprint density at radius 3 is 2.43 bits per heavy atom. The molecule has 0 aliphatic heterocycles. The number of nitrogens with one attached hydrogen (secondary N) is 1. The lowest BCUT2D eigenvalue weighted by Gasteiger charge is -2.18. The van der Waals surface area contributed by atoms with Gasteiger partial charge in [0.1, 0.15) is 0 Å². The number of halogens is 4. The molecular formula is C15H14BrF3N2. The van der Waals surface area contributed by atoms with Crippen LogP contribution in [0.3, 0.4) is 0 Å². The molecule has 0 radical (unpaired) electrons. The predicted molar refractivity (Wildman–Crippen MR) is 82.0 cm³/mol. The molecule has 0 bridgehead atoms. The van der Waals surface area contributed by atoms with Gasteiger partial charge < -0.3 is 11.1 Å². The van der Waals surface area contributed by atoms with Crippen molar-refractivity contribution < 1.29 is 13.2 Å². The minimum absolute atomic E-state index is 0.0756. The van der Waals surface area contributed by atoms with Gasteiger partial charge in [-0.2, -0.15) is 13.2 Å². The molecule has 2 rings (SSSR count). The Morgan fingerprint density at radius 2 is 1.86 bits per heavy atom. The van der Waals surface area contributed by atoms with Crippen molar-refractivity contribution in [1.29, 1.82) is 0 Å². The number of hydrogen-bond acceptors (Lipinski definition) is 2. The van der Waals surface area contributed by atoms with E-state index in [1.807, 2.05) is 31.2 Å². The van der Waals surface area contributed by atoms with Gasteiger partial charge in [-0.25, -0.2) is 0 Å². The third kappa shape index (κ3) is 3.91. The van der Waals surface area contributed by atoms with Gasteiger partial charge >= 0.3 is 6.18 Å². The van der Waals surface area contributed by atoms with Gasteiger partial charge in [0.05, 0.1) is 16.9 Å². The Balaban J connectivity index is 2.20. The largest absolute Gasteiger partial charge is 0.416 e. The van der Waals surface area contributed by atoms with Crippen molar-refractivity contribution in [3.05, 3.63) is 58.1 Å². The summed E-state index contributed by atoms with van der Waals surface area (Å²) in [4.78, 5) is 0. The Labute approximate surface area is 129 Å². The maximum absolute atomic E-state index is 12.6. The maximum atomic E-state index is 12.6. The lowest BCUT2D eigenvalue weighted by atomic mass is 10.1. The van der Waals surface area contributed by atoms with Crippen LogP contribution in [0.5, 0.6) is 0 Å². The first-order valence-corrected chi connectivity index (χ1v) is 7.05. The summed E-state index contributed by atoms with van der Waals surface area (Å²) in [5.41, 5.74) is 6.51. The second kappa shape index (κ2) is 5.97. The lowest BCUT2D eigenvalue weighted by molar-refractivity contribution is -0.137.